The van der Waals surface area contributed by atoms with Crippen LogP contribution in [0.1, 0.15) is 21.6 Å². The fourth-order valence-electron chi connectivity index (χ4n) is 2.29. The monoisotopic (exact) mass is 403 g/mol. The van der Waals surface area contributed by atoms with Gasteiger partial charge >= 0.3 is 0 Å². The van der Waals surface area contributed by atoms with Gasteiger partial charge in [0.1, 0.15) is 0 Å². The first-order chi connectivity index (χ1) is 12.5. The molecule has 1 amide bonds. The SMILES string of the molecule is Cc1cccc(CSc2ncc(Cl)c(C(=O)Nc3cccc(Cl)c3)n2)c1. The quantitative estimate of drug-likeness (QED) is 0.442. The number of thioether (sulfide) groups is 1. The minimum atomic E-state index is -0.405. The number of nitrogens with one attached hydrogen (secondary N) is 1. The van der Waals surface area contributed by atoms with Crippen LogP contribution in [0.4, 0.5) is 5.69 Å². The predicted octanol–water partition coefficient (Wildman–Crippen LogP) is 5.64. The molecule has 0 fully saturated rings. The molecule has 26 heavy (non-hydrogen) atoms. The average molecular weight is 404 g/mol. The molecule has 3 rings (SSSR count). The van der Waals surface area contributed by atoms with E-state index in [1.165, 1.54) is 29.1 Å². The summed E-state index contributed by atoms with van der Waals surface area (Å²) in [4.78, 5) is 21.0. The Morgan fingerprint density at radius 1 is 1.15 bits per heavy atom. The van der Waals surface area contributed by atoms with Crippen molar-refractivity contribution < 1.29 is 4.79 Å². The predicted molar refractivity (Wildman–Crippen MR) is 107 cm³/mol. The van der Waals surface area contributed by atoms with Crippen LogP contribution in [0.5, 0.6) is 0 Å². The fourth-order valence-corrected chi connectivity index (χ4v) is 3.41. The van der Waals surface area contributed by atoms with Crippen molar-refractivity contribution >= 4 is 46.6 Å². The van der Waals surface area contributed by atoms with Crippen LogP contribution in [0.25, 0.3) is 0 Å². The lowest BCUT2D eigenvalue weighted by molar-refractivity contribution is 0.102. The van der Waals surface area contributed by atoms with E-state index in [1.54, 1.807) is 24.3 Å². The number of anilines is 1. The Labute approximate surface area is 166 Å². The molecule has 1 N–H and O–H groups in total. The molecule has 0 bridgehead atoms. The van der Waals surface area contributed by atoms with Crippen molar-refractivity contribution in [1.29, 1.82) is 0 Å². The summed E-state index contributed by atoms with van der Waals surface area (Å²) >= 11 is 13.5. The second-order valence-corrected chi connectivity index (χ2v) is 7.38. The first-order valence-corrected chi connectivity index (χ1v) is 9.53. The third kappa shape index (κ3) is 4.97. The molecule has 4 nitrogen and oxygen atoms in total. The van der Waals surface area contributed by atoms with Crippen molar-refractivity contribution in [3.63, 3.8) is 0 Å². The lowest BCUT2D eigenvalue weighted by Gasteiger charge is -2.08. The van der Waals surface area contributed by atoms with E-state index in [4.69, 9.17) is 23.2 Å². The Morgan fingerprint density at radius 3 is 2.73 bits per heavy atom. The van der Waals surface area contributed by atoms with Crippen molar-refractivity contribution in [1.82, 2.24) is 9.97 Å². The summed E-state index contributed by atoms with van der Waals surface area (Å²) in [5.74, 6) is 0.302. The Balaban J connectivity index is 1.73. The molecule has 0 aliphatic carbocycles. The summed E-state index contributed by atoms with van der Waals surface area (Å²) in [6.45, 7) is 2.05. The van der Waals surface area contributed by atoms with Crippen molar-refractivity contribution in [3.05, 3.63) is 81.6 Å². The van der Waals surface area contributed by atoms with E-state index in [0.29, 0.717) is 21.6 Å². The van der Waals surface area contributed by atoms with Gasteiger partial charge in [-0.05, 0) is 30.7 Å². The van der Waals surface area contributed by atoms with E-state index < -0.39 is 5.91 Å². The molecule has 1 heterocycles. The van der Waals surface area contributed by atoms with Gasteiger partial charge in [0.15, 0.2) is 10.9 Å². The second kappa shape index (κ2) is 8.54. The number of amides is 1. The Hall–Kier alpha value is -2.08. The lowest BCUT2D eigenvalue weighted by Crippen LogP contribution is -2.15. The molecular weight excluding hydrogens is 389 g/mol. The topological polar surface area (TPSA) is 54.9 Å². The van der Waals surface area contributed by atoms with Gasteiger partial charge in [-0.2, -0.15) is 0 Å². The number of nitrogens with zero attached hydrogens (tertiary/aromatic N) is 2. The third-order valence-electron chi connectivity index (χ3n) is 3.47. The minimum Gasteiger partial charge on any atom is -0.321 e. The van der Waals surface area contributed by atoms with Crippen molar-refractivity contribution in [2.24, 2.45) is 0 Å². The van der Waals surface area contributed by atoms with Crippen LogP contribution >= 0.6 is 35.0 Å². The van der Waals surface area contributed by atoms with Crippen LogP contribution in [-0.4, -0.2) is 15.9 Å². The molecule has 0 spiro atoms. The van der Waals surface area contributed by atoms with E-state index in [9.17, 15) is 4.79 Å². The highest BCUT2D eigenvalue weighted by molar-refractivity contribution is 7.98. The van der Waals surface area contributed by atoms with Crippen LogP contribution in [0, 0.1) is 6.92 Å². The zero-order valence-electron chi connectivity index (χ0n) is 13.9. The van der Waals surface area contributed by atoms with Crippen molar-refractivity contribution in [3.8, 4) is 0 Å². The first-order valence-electron chi connectivity index (χ1n) is 7.79. The van der Waals surface area contributed by atoms with Gasteiger partial charge in [-0.25, -0.2) is 9.97 Å². The molecular formula is C19H15Cl2N3OS. The zero-order chi connectivity index (χ0) is 18.5. The fraction of sp³-hybridized carbons (Fsp3) is 0.105. The molecule has 0 saturated carbocycles. The number of carbonyl (C=O) groups is 1. The van der Waals surface area contributed by atoms with Crippen LogP contribution in [0.15, 0.2) is 59.9 Å². The highest BCUT2D eigenvalue weighted by atomic mass is 35.5. The number of carbonyl (C=O) groups excluding carboxylic acids is 1. The van der Waals surface area contributed by atoms with E-state index >= 15 is 0 Å². The van der Waals surface area contributed by atoms with E-state index in [1.807, 2.05) is 25.1 Å². The molecule has 0 aliphatic rings. The van der Waals surface area contributed by atoms with Gasteiger partial charge in [0.25, 0.3) is 5.91 Å². The number of rotatable bonds is 5. The van der Waals surface area contributed by atoms with Crippen LogP contribution in [-0.2, 0) is 5.75 Å². The van der Waals surface area contributed by atoms with Gasteiger partial charge < -0.3 is 5.32 Å². The molecule has 3 aromatic rings. The largest absolute Gasteiger partial charge is 0.321 e. The maximum absolute atomic E-state index is 12.5. The lowest BCUT2D eigenvalue weighted by atomic mass is 10.2. The van der Waals surface area contributed by atoms with Crippen LogP contribution in [0.3, 0.4) is 0 Å². The number of halogens is 2. The van der Waals surface area contributed by atoms with E-state index in [2.05, 4.69) is 21.4 Å². The molecule has 0 radical (unpaired) electrons. The second-order valence-electron chi connectivity index (χ2n) is 5.59. The number of hydrogen-bond acceptors (Lipinski definition) is 4. The smallest absolute Gasteiger partial charge is 0.275 e. The highest BCUT2D eigenvalue weighted by Gasteiger charge is 2.15. The Bertz CT molecular complexity index is 950. The summed E-state index contributed by atoms with van der Waals surface area (Å²) in [6, 6.07) is 15.1. The van der Waals surface area contributed by atoms with E-state index in [0.717, 1.165) is 0 Å². The number of hydrogen-bond donors (Lipinski definition) is 1. The molecule has 0 saturated heterocycles. The molecule has 7 heteroatoms. The van der Waals surface area contributed by atoms with Crippen LogP contribution < -0.4 is 5.32 Å². The summed E-state index contributed by atoms with van der Waals surface area (Å²) in [6.07, 6.45) is 1.44. The standard InChI is InChI=1S/C19H15Cl2N3OS/c1-12-4-2-5-13(8-12)11-26-19-22-10-16(21)17(24-19)18(25)23-15-7-3-6-14(20)9-15/h2-10H,11H2,1H3,(H,23,25). The summed E-state index contributed by atoms with van der Waals surface area (Å²) < 4.78 is 0. The summed E-state index contributed by atoms with van der Waals surface area (Å²) in [5, 5.41) is 3.97. The van der Waals surface area contributed by atoms with Gasteiger partial charge in [-0.3, -0.25) is 4.79 Å². The van der Waals surface area contributed by atoms with Crippen molar-refractivity contribution in [2.75, 3.05) is 5.32 Å². The molecule has 0 unspecified atom stereocenters. The Kier molecular flexibility index (Phi) is 6.14. The number of aryl methyl sites for hydroxylation is 1. The van der Waals surface area contributed by atoms with Gasteiger partial charge in [0.2, 0.25) is 0 Å². The van der Waals surface area contributed by atoms with Crippen molar-refractivity contribution in [2.45, 2.75) is 17.8 Å². The van der Waals surface area contributed by atoms with Gasteiger partial charge in [-0.1, -0.05) is 70.9 Å². The van der Waals surface area contributed by atoms with Gasteiger partial charge in [0, 0.05) is 16.5 Å². The normalized spacial score (nSPS) is 10.6. The third-order valence-corrected chi connectivity index (χ3v) is 4.91. The highest BCUT2D eigenvalue weighted by Crippen LogP contribution is 2.23. The molecule has 0 aliphatic heterocycles. The first kappa shape index (κ1) is 18.7. The van der Waals surface area contributed by atoms with Gasteiger partial charge in [0.05, 0.1) is 11.2 Å². The maximum Gasteiger partial charge on any atom is 0.275 e. The number of benzene rings is 2. The minimum absolute atomic E-state index is 0.133. The molecule has 0 atom stereocenters. The zero-order valence-corrected chi connectivity index (χ0v) is 16.2. The molecule has 1 aromatic heterocycles. The number of aromatic nitrogens is 2. The summed E-state index contributed by atoms with van der Waals surface area (Å²) in [7, 11) is 0. The van der Waals surface area contributed by atoms with Gasteiger partial charge in [-0.15, -0.1) is 0 Å². The van der Waals surface area contributed by atoms with Crippen LogP contribution in [0.2, 0.25) is 10.0 Å². The molecule has 2 aromatic carbocycles. The summed E-state index contributed by atoms with van der Waals surface area (Å²) in [5.41, 5.74) is 3.07. The van der Waals surface area contributed by atoms with E-state index in [-0.39, 0.29) is 10.7 Å². The molecule has 132 valence electrons. The average Bonchev–Trinajstić information content (AvgIpc) is 2.61. The Morgan fingerprint density at radius 2 is 1.96 bits per heavy atom. The maximum atomic E-state index is 12.5.